The fourth-order valence-corrected chi connectivity index (χ4v) is 2.94. The monoisotopic (exact) mass is 359 g/mol. The second-order valence-corrected chi connectivity index (χ2v) is 6.22. The average molecular weight is 359 g/mol. The summed E-state index contributed by atoms with van der Waals surface area (Å²) in [4.78, 5) is 25.8. The minimum atomic E-state index is -0.783. The first-order valence-corrected chi connectivity index (χ1v) is 8.79. The van der Waals surface area contributed by atoms with E-state index in [1.54, 1.807) is 4.90 Å². The first-order chi connectivity index (χ1) is 12.5. The molecule has 2 rings (SSSR count). The number of carbonyl (C=O) groups is 2. The zero-order valence-corrected chi connectivity index (χ0v) is 15.6. The number of morpholine rings is 1. The molecule has 2 heterocycles. The second kappa shape index (κ2) is 9.20. The van der Waals surface area contributed by atoms with Crippen LogP contribution in [0.1, 0.15) is 30.3 Å². The smallest absolute Gasteiger partial charge is 0.349 e. The van der Waals surface area contributed by atoms with E-state index in [1.165, 1.54) is 6.08 Å². The Morgan fingerprint density at radius 1 is 1.35 bits per heavy atom. The summed E-state index contributed by atoms with van der Waals surface area (Å²) in [6, 6.07) is 3.81. The lowest BCUT2D eigenvalue weighted by Crippen LogP contribution is -2.42. The van der Waals surface area contributed by atoms with Gasteiger partial charge in [-0.1, -0.05) is 6.92 Å². The molecule has 0 unspecified atom stereocenters. The van der Waals surface area contributed by atoms with Crippen molar-refractivity contribution in [2.24, 2.45) is 0 Å². The van der Waals surface area contributed by atoms with Crippen molar-refractivity contribution in [3.8, 4) is 6.07 Å². The molecule has 0 bridgehead atoms. The van der Waals surface area contributed by atoms with Gasteiger partial charge >= 0.3 is 5.97 Å². The number of nitriles is 1. The quantitative estimate of drug-likeness (QED) is 0.439. The molecule has 140 valence electrons. The molecule has 1 aliphatic heterocycles. The Morgan fingerprint density at radius 2 is 2.04 bits per heavy atom. The third-order valence-corrected chi connectivity index (χ3v) is 4.39. The number of aromatic nitrogens is 1. The van der Waals surface area contributed by atoms with Crippen LogP contribution in [0.2, 0.25) is 0 Å². The van der Waals surface area contributed by atoms with E-state index in [0.29, 0.717) is 26.3 Å². The summed E-state index contributed by atoms with van der Waals surface area (Å²) >= 11 is 0. The minimum Gasteiger partial charge on any atom is -0.451 e. The van der Waals surface area contributed by atoms with Gasteiger partial charge in [0, 0.05) is 31.0 Å². The number of ether oxygens (including phenoxy) is 2. The van der Waals surface area contributed by atoms with E-state index in [2.05, 4.69) is 11.5 Å². The van der Waals surface area contributed by atoms with E-state index in [0.717, 1.165) is 29.9 Å². The molecule has 0 saturated carbocycles. The predicted octanol–water partition coefficient (Wildman–Crippen LogP) is 1.82. The lowest BCUT2D eigenvalue weighted by molar-refractivity contribution is -0.150. The molecule has 1 aromatic rings. The summed E-state index contributed by atoms with van der Waals surface area (Å²) in [7, 11) is 0. The van der Waals surface area contributed by atoms with Crippen LogP contribution in [0.3, 0.4) is 0 Å². The highest BCUT2D eigenvalue weighted by atomic mass is 16.5. The molecule has 0 aliphatic carbocycles. The molecule has 0 radical (unpaired) electrons. The van der Waals surface area contributed by atoms with Crippen LogP contribution in [0.15, 0.2) is 11.6 Å². The molecule has 7 heteroatoms. The zero-order chi connectivity index (χ0) is 19.1. The molecule has 1 aromatic heterocycles. The zero-order valence-electron chi connectivity index (χ0n) is 15.6. The van der Waals surface area contributed by atoms with Gasteiger partial charge in [0.1, 0.15) is 11.6 Å². The lowest BCUT2D eigenvalue weighted by Gasteiger charge is -2.26. The van der Waals surface area contributed by atoms with E-state index < -0.39 is 5.97 Å². The van der Waals surface area contributed by atoms with Crippen LogP contribution in [0, 0.1) is 25.2 Å². The van der Waals surface area contributed by atoms with Crippen LogP contribution in [-0.2, 0) is 25.6 Å². The number of hydrogen-bond donors (Lipinski definition) is 0. The van der Waals surface area contributed by atoms with Crippen molar-refractivity contribution in [2.45, 2.75) is 33.7 Å². The van der Waals surface area contributed by atoms with Crippen molar-refractivity contribution in [1.29, 1.82) is 5.26 Å². The predicted molar refractivity (Wildman–Crippen MR) is 96.1 cm³/mol. The van der Waals surface area contributed by atoms with Crippen LogP contribution >= 0.6 is 0 Å². The number of nitrogens with zero attached hydrogens (tertiary/aromatic N) is 3. The Hall–Kier alpha value is -2.59. The molecule has 0 atom stereocenters. The topological polar surface area (TPSA) is 84.6 Å². The van der Waals surface area contributed by atoms with E-state index in [9.17, 15) is 14.9 Å². The van der Waals surface area contributed by atoms with Gasteiger partial charge < -0.3 is 18.9 Å². The number of carbonyl (C=O) groups excluding carboxylic acids is 2. The summed E-state index contributed by atoms with van der Waals surface area (Å²) < 4.78 is 12.4. The molecule has 1 amide bonds. The standard InChI is InChI=1S/C19H25N3O4/c1-4-5-22-14(2)10-16(15(22)3)11-17(12-20)19(24)26-13-18(23)21-6-8-25-9-7-21/h10-11H,4-9,13H2,1-3H3/b17-11+. The van der Waals surface area contributed by atoms with Gasteiger partial charge in [0.2, 0.25) is 0 Å². The van der Waals surface area contributed by atoms with Crippen LogP contribution in [0.4, 0.5) is 0 Å². The van der Waals surface area contributed by atoms with Crippen molar-refractivity contribution >= 4 is 18.0 Å². The maximum absolute atomic E-state index is 12.2. The molecular weight excluding hydrogens is 334 g/mol. The third kappa shape index (κ3) is 4.73. The van der Waals surface area contributed by atoms with E-state index >= 15 is 0 Å². The highest BCUT2D eigenvalue weighted by Gasteiger charge is 2.20. The number of rotatable bonds is 6. The van der Waals surface area contributed by atoms with Crippen LogP contribution in [-0.4, -0.2) is 54.3 Å². The summed E-state index contributed by atoms with van der Waals surface area (Å²) in [6.07, 6.45) is 2.52. The largest absolute Gasteiger partial charge is 0.451 e. The van der Waals surface area contributed by atoms with Crippen LogP contribution in [0.5, 0.6) is 0 Å². The average Bonchev–Trinajstić information content (AvgIpc) is 2.92. The Morgan fingerprint density at radius 3 is 2.65 bits per heavy atom. The molecule has 1 saturated heterocycles. The van der Waals surface area contributed by atoms with Crippen LogP contribution in [0.25, 0.3) is 6.08 Å². The lowest BCUT2D eigenvalue weighted by atomic mass is 10.1. The molecule has 1 aliphatic rings. The molecule has 26 heavy (non-hydrogen) atoms. The van der Waals surface area contributed by atoms with E-state index in [1.807, 2.05) is 26.0 Å². The van der Waals surface area contributed by atoms with Crippen molar-refractivity contribution in [1.82, 2.24) is 9.47 Å². The summed E-state index contributed by atoms with van der Waals surface area (Å²) in [5.41, 5.74) is 2.76. The maximum atomic E-state index is 12.2. The summed E-state index contributed by atoms with van der Waals surface area (Å²) in [5.74, 6) is -1.06. The number of amides is 1. The van der Waals surface area contributed by atoms with Crippen molar-refractivity contribution in [3.05, 3.63) is 28.6 Å². The van der Waals surface area contributed by atoms with E-state index in [4.69, 9.17) is 9.47 Å². The van der Waals surface area contributed by atoms with Crippen molar-refractivity contribution < 1.29 is 19.1 Å². The molecule has 7 nitrogen and oxygen atoms in total. The number of esters is 1. The van der Waals surface area contributed by atoms with Gasteiger partial charge in [0.25, 0.3) is 5.91 Å². The summed E-state index contributed by atoms with van der Waals surface area (Å²) in [5, 5.41) is 9.30. The van der Waals surface area contributed by atoms with Gasteiger partial charge in [-0.25, -0.2) is 4.79 Å². The Bertz CT molecular complexity index is 737. The van der Waals surface area contributed by atoms with Crippen LogP contribution < -0.4 is 0 Å². The van der Waals surface area contributed by atoms with Gasteiger partial charge in [-0.15, -0.1) is 0 Å². The highest BCUT2D eigenvalue weighted by Crippen LogP contribution is 2.19. The third-order valence-electron chi connectivity index (χ3n) is 4.39. The van der Waals surface area contributed by atoms with Crippen molar-refractivity contribution in [2.75, 3.05) is 32.9 Å². The fraction of sp³-hybridized carbons (Fsp3) is 0.526. The van der Waals surface area contributed by atoms with Gasteiger partial charge in [-0.05, 0) is 38.0 Å². The Labute approximate surface area is 153 Å². The van der Waals surface area contributed by atoms with Gasteiger partial charge in [-0.3, -0.25) is 4.79 Å². The number of hydrogen-bond acceptors (Lipinski definition) is 5. The normalized spacial score (nSPS) is 14.8. The highest BCUT2D eigenvalue weighted by molar-refractivity contribution is 5.99. The fourth-order valence-electron chi connectivity index (χ4n) is 2.94. The minimum absolute atomic E-state index is 0.114. The van der Waals surface area contributed by atoms with Gasteiger partial charge in [0.15, 0.2) is 6.61 Å². The first kappa shape index (κ1) is 19.7. The molecule has 1 fully saturated rings. The first-order valence-electron chi connectivity index (χ1n) is 8.79. The second-order valence-electron chi connectivity index (χ2n) is 6.22. The summed E-state index contributed by atoms with van der Waals surface area (Å²) in [6.45, 7) is 8.49. The van der Waals surface area contributed by atoms with Gasteiger partial charge in [0.05, 0.1) is 13.2 Å². The Balaban J connectivity index is 2.04. The SMILES string of the molecule is CCCn1c(C)cc(/C=C(\C#N)C(=O)OCC(=O)N2CCOCC2)c1C. The van der Waals surface area contributed by atoms with Crippen molar-refractivity contribution in [3.63, 3.8) is 0 Å². The van der Waals surface area contributed by atoms with Gasteiger partial charge in [-0.2, -0.15) is 5.26 Å². The number of aryl methyl sites for hydroxylation is 1. The Kier molecular flexibility index (Phi) is 6.98. The maximum Gasteiger partial charge on any atom is 0.349 e. The molecular formula is C19H25N3O4. The van der Waals surface area contributed by atoms with E-state index in [-0.39, 0.29) is 18.1 Å². The molecule has 0 aromatic carbocycles. The molecule has 0 spiro atoms. The molecule has 0 N–H and O–H groups in total.